The third-order valence-electron chi connectivity index (χ3n) is 4.85. The highest BCUT2D eigenvalue weighted by Crippen LogP contribution is 2.28. The first-order valence-corrected chi connectivity index (χ1v) is 9.74. The second-order valence-electron chi connectivity index (χ2n) is 6.70. The maximum atomic E-state index is 13.1. The molecule has 2 aromatic rings. The smallest absolute Gasteiger partial charge is 0.255 e. The lowest BCUT2D eigenvalue weighted by Crippen LogP contribution is -2.39. The minimum absolute atomic E-state index is 0. The van der Waals surface area contributed by atoms with E-state index in [-0.39, 0.29) is 18.3 Å². The van der Waals surface area contributed by atoms with Crippen LogP contribution in [0.15, 0.2) is 33.7 Å². The molecular formula is C18H23ClN4O2S. The molecule has 26 heavy (non-hydrogen) atoms. The minimum atomic E-state index is 0. The number of fused-ring (bicyclic) bond motifs is 2. The molecule has 1 aromatic heterocycles. The summed E-state index contributed by atoms with van der Waals surface area (Å²) in [4.78, 5) is 20.3. The molecule has 1 aromatic carbocycles. The number of carbonyl (C=O) groups is 1. The summed E-state index contributed by atoms with van der Waals surface area (Å²) in [6.07, 6.45) is 3.45. The van der Waals surface area contributed by atoms with E-state index in [0.717, 1.165) is 30.0 Å². The number of rotatable bonds is 4. The molecule has 1 amide bonds. The number of thioether (sulfide) groups is 1. The van der Waals surface area contributed by atoms with E-state index in [1.54, 1.807) is 18.7 Å². The summed E-state index contributed by atoms with van der Waals surface area (Å²) in [5.74, 6) is 1.91. The summed E-state index contributed by atoms with van der Waals surface area (Å²) in [6, 6.07) is 8.82. The maximum Gasteiger partial charge on any atom is 0.255 e. The summed E-state index contributed by atoms with van der Waals surface area (Å²) in [5.41, 5.74) is 0.765. The third-order valence-corrected chi connectivity index (χ3v) is 5.91. The van der Waals surface area contributed by atoms with Gasteiger partial charge in [-0.15, -0.1) is 24.2 Å². The quantitative estimate of drug-likeness (QED) is 0.803. The largest absolute Gasteiger partial charge is 0.338 e. The van der Waals surface area contributed by atoms with Crippen molar-refractivity contribution in [1.29, 1.82) is 0 Å². The van der Waals surface area contributed by atoms with Gasteiger partial charge >= 0.3 is 0 Å². The lowest BCUT2D eigenvalue weighted by molar-refractivity contribution is 0.0744. The predicted octanol–water partition coefficient (Wildman–Crippen LogP) is 3.06. The summed E-state index contributed by atoms with van der Waals surface area (Å²) in [5, 5.41) is 7.44. The molecule has 0 spiro atoms. The van der Waals surface area contributed by atoms with Gasteiger partial charge in [-0.1, -0.05) is 17.3 Å². The van der Waals surface area contributed by atoms with Gasteiger partial charge in [-0.05, 0) is 38.3 Å². The predicted molar refractivity (Wildman–Crippen MR) is 103 cm³/mol. The van der Waals surface area contributed by atoms with Crippen LogP contribution in [0, 0.1) is 6.92 Å². The van der Waals surface area contributed by atoms with E-state index in [1.807, 2.05) is 29.2 Å². The number of amides is 1. The zero-order chi connectivity index (χ0) is 17.2. The van der Waals surface area contributed by atoms with Gasteiger partial charge < -0.3 is 14.7 Å². The molecule has 1 N–H and O–H groups in total. The summed E-state index contributed by atoms with van der Waals surface area (Å²) in [7, 11) is 0. The average Bonchev–Trinajstić information content (AvgIpc) is 3.17. The molecular weight excluding hydrogens is 372 g/mol. The molecule has 140 valence electrons. The zero-order valence-electron chi connectivity index (χ0n) is 14.7. The van der Waals surface area contributed by atoms with Crippen molar-refractivity contribution in [2.24, 2.45) is 0 Å². The first kappa shape index (κ1) is 19.2. The fourth-order valence-electron chi connectivity index (χ4n) is 3.61. The van der Waals surface area contributed by atoms with Crippen LogP contribution >= 0.6 is 24.2 Å². The Morgan fingerprint density at radius 1 is 1.31 bits per heavy atom. The number of halogens is 1. The van der Waals surface area contributed by atoms with Gasteiger partial charge in [0.15, 0.2) is 5.82 Å². The highest BCUT2D eigenvalue weighted by Gasteiger charge is 2.32. The number of benzene rings is 1. The van der Waals surface area contributed by atoms with Crippen molar-refractivity contribution < 1.29 is 9.32 Å². The first-order valence-electron chi connectivity index (χ1n) is 8.75. The van der Waals surface area contributed by atoms with Gasteiger partial charge in [0, 0.05) is 30.1 Å². The molecule has 2 saturated heterocycles. The second kappa shape index (κ2) is 8.41. The topological polar surface area (TPSA) is 71.3 Å². The lowest BCUT2D eigenvalue weighted by atomic mass is 10.1. The van der Waals surface area contributed by atoms with Gasteiger partial charge in [-0.2, -0.15) is 4.98 Å². The number of aromatic nitrogens is 2. The van der Waals surface area contributed by atoms with Crippen LogP contribution in [-0.2, 0) is 5.75 Å². The third kappa shape index (κ3) is 4.22. The van der Waals surface area contributed by atoms with Crippen LogP contribution in [0.25, 0.3) is 0 Å². The van der Waals surface area contributed by atoms with Gasteiger partial charge in [-0.25, -0.2) is 0 Å². The van der Waals surface area contributed by atoms with Crippen molar-refractivity contribution >= 4 is 30.1 Å². The zero-order valence-corrected chi connectivity index (χ0v) is 16.3. The van der Waals surface area contributed by atoms with Crippen LogP contribution in [0.4, 0.5) is 0 Å². The Labute approximate surface area is 163 Å². The monoisotopic (exact) mass is 394 g/mol. The Morgan fingerprint density at radius 2 is 2.12 bits per heavy atom. The molecule has 3 heterocycles. The summed E-state index contributed by atoms with van der Waals surface area (Å²) in [6.45, 7) is 3.43. The van der Waals surface area contributed by atoms with Crippen LogP contribution < -0.4 is 5.32 Å². The number of aryl methyl sites for hydroxylation is 1. The molecule has 4 rings (SSSR count). The first-order chi connectivity index (χ1) is 12.2. The Bertz CT molecular complexity index is 769. The molecule has 2 bridgehead atoms. The lowest BCUT2D eigenvalue weighted by Gasteiger charge is -2.25. The Balaban J connectivity index is 0.00000196. The van der Waals surface area contributed by atoms with E-state index in [1.165, 1.54) is 12.8 Å². The van der Waals surface area contributed by atoms with Crippen molar-refractivity contribution in [2.75, 3.05) is 13.1 Å². The van der Waals surface area contributed by atoms with E-state index in [2.05, 4.69) is 15.5 Å². The van der Waals surface area contributed by atoms with Crippen LogP contribution in [-0.4, -0.2) is 46.1 Å². The van der Waals surface area contributed by atoms with E-state index in [4.69, 9.17) is 4.52 Å². The normalized spacial score (nSPS) is 22.0. The number of hydrogen-bond acceptors (Lipinski definition) is 6. The van der Waals surface area contributed by atoms with E-state index in [0.29, 0.717) is 29.6 Å². The average molecular weight is 395 g/mol. The number of hydrogen-bond donors (Lipinski definition) is 1. The molecule has 0 radical (unpaired) electrons. The molecule has 2 aliphatic heterocycles. The molecule has 2 unspecified atom stereocenters. The SMILES string of the molecule is Cc1noc(CSc2ccccc2C(=O)N2CCC3CCC(C2)N3)n1.Cl. The molecule has 6 nitrogen and oxygen atoms in total. The summed E-state index contributed by atoms with van der Waals surface area (Å²) < 4.78 is 5.17. The van der Waals surface area contributed by atoms with Crippen molar-refractivity contribution in [3.63, 3.8) is 0 Å². The standard InChI is InChI=1S/C18H22N4O2S.ClH/c1-12-19-17(24-21-12)11-25-16-5-3-2-4-15(16)18(23)22-9-8-13-6-7-14(10-22)20-13;/h2-5,13-14,20H,6-11H2,1H3;1H. The van der Waals surface area contributed by atoms with Gasteiger partial charge in [0.2, 0.25) is 5.89 Å². The minimum Gasteiger partial charge on any atom is -0.338 e. The van der Waals surface area contributed by atoms with Gasteiger partial charge in [0.05, 0.1) is 11.3 Å². The van der Waals surface area contributed by atoms with E-state index in [9.17, 15) is 4.79 Å². The highest BCUT2D eigenvalue weighted by molar-refractivity contribution is 7.98. The Hall–Kier alpha value is -1.57. The number of nitrogens with zero attached hydrogens (tertiary/aromatic N) is 3. The van der Waals surface area contributed by atoms with Crippen LogP contribution in [0.5, 0.6) is 0 Å². The summed E-state index contributed by atoms with van der Waals surface area (Å²) >= 11 is 1.57. The molecule has 0 saturated carbocycles. The van der Waals surface area contributed by atoms with Crippen LogP contribution in [0.2, 0.25) is 0 Å². The van der Waals surface area contributed by atoms with Crippen molar-refractivity contribution in [3.8, 4) is 0 Å². The number of nitrogens with one attached hydrogen (secondary N) is 1. The highest BCUT2D eigenvalue weighted by atomic mass is 35.5. The van der Waals surface area contributed by atoms with Crippen molar-refractivity contribution in [2.45, 2.75) is 48.9 Å². The van der Waals surface area contributed by atoms with Gasteiger partial charge in [0.25, 0.3) is 5.91 Å². The molecule has 2 fully saturated rings. The second-order valence-corrected chi connectivity index (χ2v) is 7.72. The van der Waals surface area contributed by atoms with Gasteiger partial charge in [-0.3, -0.25) is 4.79 Å². The molecule has 2 atom stereocenters. The maximum absolute atomic E-state index is 13.1. The molecule has 8 heteroatoms. The van der Waals surface area contributed by atoms with Crippen LogP contribution in [0.3, 0.4) is 0 Å². The fraction of sp³-hybridized carbons (Fsp3) is 0.500. The van der Waals surface area contributed by atoms with Crippen LogP contribution in [0.1, 0.15) is 41.3 Å². The van der Waals surface area contributed by atoms with E-state index >= 15 is 0 Å². The van der Waals surface area contributed by atoms with Gasteiger partial charge in [0.1, 0.15) is 0 Å². The van der Waals surface area contributed by atoms with Crippen molar-refractivity contribution in [3.05, 3.63) is 41.5 Å². The van der Waals surface area contributed by atoms with Crippen molar-refractivity contribution in [1.82, 2.24) is 20.4 Å². The number of likely N-dealkylation sites (tertiary alicyclic amines) is 1. The fourth-order valence-corrected chi connectivity index (χ4v) is 4.49. The number of carbonyl (C=O) groups excluding carboxylic acids is 1. The Morgan fingerprint density at radius 3 is 2.92 bits per heavy atom. The molecule has 0 aliphatic carbocycles. The molecule has 2 aliphatic rings. The van der Waals surface area contributed by atoms with E-state index < -0.39 is 0 Å². The Kier molecular flexibility index (Phi) is 6.21.